The molecule has 0 aromatic heterocycles. The highest BCUT2D eigenvalue weighted by Crippen LogP contribution is 2.08. The zero-order valence-corrected chi connectivity index (χ0v) is 7.40. The molecule has 0 aromatic rings. The maximum absolute atomic E-state index is 10.3. The smallest absolute Gasteiger partial charge is 0.326 e. The van der Waals surface area contributed by atoms with Gasteiger partial charge in [-0.1, -0.05) is 13.3 Å². The number of amides is 2. The van der Waals surface area contributed by atoms with Gasteiger partial charge in [0.05, 0.1) is 0 Å². The van der Waals surface area contributed by atoms with Gasteiger partial charge in [0.1, 0.15) is 0 Å². The molecule has 0 atom stereocenters. The van der Waals surface area contributed by atoms with Gasteiger partial charge in [0.25, 0.3) is 0 Å². The molecule has 0 unspecified atom stereocenters. The Morgan fingerprint density at radius 3 is 2.45 bits per heavy atom. The summed E-state index contributed by atoms with van der Waals surface area (Å²) in [6.45, 7) is 6.10. The molecule has 0 spiro atoms. The number of nitrogens with two attached hydrogens (primary N) is 1. The first-order valence-corrected chi connectivity index (χ1v) is 3.80. The van der Waals surface area contributed by atoms with Crippen LogP contribution in [0.4, 0.5) is 4.79 Å². The zero-order valence-electron chi connectivity index (χ0n) is 7.40. The Morgan fingerprint density at radius 2 is 2.09 bits per heavy atom. The fraction of sp³-hybridized carbons (Fsp3) is 0.857. The normalized spacial score (nSPS) is 11.2. The number of urea groups is 1. The molecule has 4 N–H and O–H groups in total. The number of nitrogens with one attached hydrogen (secondary N) is 2. The highest BCUT2D eigenvalue weighted by Gasteiger charge is 2.15. The second-order valence-corrected chi connectivity index (χ2v) is 3.25. The largest absolute Gasteiger partial charge is 0.351 e. The maximum atomic E-state index is 10.3. The van der Waals surface area contributed by atoms with Crippen LogP contribution in [0.3, 0.4) is 0 Å². The van der Waals surface area contributed by atoms with Crippen LogP contribution in [0.2, 0.25) is 0 Å². The van der Waals surface area contributed by atoms with Crippen molar-refractivity contribution in [2.75, 3.05) is 0 Å². The van der Waals surface area contributed by atoms with Crippen molar-refractivity contribution < 1.29 is 4.79 Å². The van der Waals surface area contributed by atoms with E-state index in [0.717, 1.165) is 12.8 Å². The summed E-state index contributed by atoms with van der Waals surface area (Å²) in [5.74, 6) is 0. The van der Waals surface area contributed by atoms with Gasteiger partial charge in [-0.3, -0.25) is 5.43 Å². The average molecular weight is 159 g/mol. The quantitative estimate of drug-likeness (QED) is 0.529. The molecule has 2 amide bonds. The first-order valence-electron chi connectivity index (χ1n) is 3.80. The molecule has 0 aliphatic rings. The Balaban J connectivity index is 3.63. The third kappa shape index (κ3) is 5.66. The molecule has 0 heterocycles. The molecule has 0 aromatic carbocycles. The van der Waals surface area contributed by atoms with E-state index in [1.807, 2.05) is 13.8 Å². The topological polar surface area (TPSA) is 67.2 Å². The zero-order chi connectivity index (χ0) is 8.91. The molecular weight excluding hydrogens is 142 g/mol. The molecule has 66 valence electrons. The van der Waals surface area contributed by atoms with Crippen LogP contribution in [0.25, 0.3) is 0 Å². The molecule has 0 aliphatic carbocycles. The van der Waals surface area contributed by atoms with E-state index >= 15 is 0 Å². The molecule has 11 heavy (non-hydrogen) atoms. The summed E-state index contributed by atoms with van der Waals surface area (Å²) in [5.41, 5.74) is 10.00. The van der Waals surface area contributed by atoms with Crippen LogP contribution in [0.5, 0.6) is 0 Å². The summed E-state index contributed by atoms with van der Waals surface area (Å²) in [6, 6.07) is -0.547. The fourth-order valence-electron chi connectivity index (χ4n) is 0.918. The Labute approximate surface area is 67.5 Å². The van der Waals surface area contributed by atoms with Crippen molar-refractivity contribution in [1.29, 1.82) is 0 Å². The van der Waals surface area contributed by atoms with Crippen molar-refractivity contribution in [3.63, 3.8) is 0 Å². The number of rotatable bonds is 4. The molecule has 0 saturated heterocycles. The van der Waals surface area contributed by atoms with E-state index in [-0.39, 0.29) is 5.54 Å². The first kappa shape index (κ1) is 10.2. The van der Waals surface area contributed by atoms with E-state index < -0.39 is 6.03 Å². The minimum atomic E-state index is -0.547. The highest BCUT2D eigenvalue weighted by molar-refractivity contribution is 5.70. The van der Waals surface area contributed by atoms with Gasteiger partial charge in [-0.05, 0) is 20.3 Å². The van der Waals surface area contributed by atoms with Crippen molar-refractivity contribution in [2.45, 2.75) is 39.2 Å². The summed E-state index contributed by atoms with van der Waals surface area (Å²) >= 11 is 0. The maximum Gasteiger partial charge on any atom is 0.326 e. The summed E-state index contributed by atoms with van der Waals surface area (Å²) in [6.07, 6.45) is 2.06. The molecular formula is C7H17N3O. The van der Waals surface area contributed by atoms with Crippen molar-refractivity contribution in [3.8, 4) is 0 Å². The van der Waals surface area contributed by atoms with Gasteiger partial charge >= 0.3 is 6.03 Å². The molecule has 4 nitrogen and oxygen atoms in total. The van der Waals surface area contributed by atoms with Gasteiger partial charge in [-0.25, -0.2) is 10.2 Å². The summed E-state index contributed by atoms with van der Waals surface area (Å²) in [7, 11) is 0. The lowest BCUT2D eigenvalue weighted by atomic mass is 10.0. The highest BCUT2D eigenvalue weighted by atomic mass is 16.2. The van der Waals surface area contributed by atoms with Gasteiger partial charge in [0, 0.05) is 5.54 Å². The number of hydrazine groups is 1. The lowest BCUT2D eigenvalue weighted by molar-refractivity contribution is 0.233. The van der Waals surface area contributed by atoms with E-state index in [9.17, 15) is 4.79 Å². The minimum absolute atomic E-state index is 0.0796. The van der Waals surface area contributed by atoms with Gasteiger partial charge in [-0.15, -0.1) is 0 Å². The van der Waals surface area contributed by atoms with E-state index in [0.29, 0.717) is 0 Å². The van der Waals surface area contributed by atoms with E-state index in [1.165, 1.54) is 0 Å². The van der Waals surface area contributed by atoms with Crippen LogP contribution < -0.4 is 16.6 Å². The van der Waals surface area contributed by atoms with E-state index in [4.69, 9.17) is 5.73 Å². The Bertz CT molecular complexity index is 134. The van der Waals surface area contributed by atoms with Crippen LogP contribution in [0, 0.1) is 0 Å². The third-order valence-electron chi connectivity index (χ3n) is 1.40. The van der Waals surface area contributed by atoms with Crippen LogP contribution >= 0.6 is 0 Å². The molecule has 4 heteroatoms. The average Bonchev–Trinajstić information content (AvgIpc) is 1.84. The second kappa shape index (κ2) is 4.18. The fourth-order valence-corrected chi connectivity index (χ4v) is 0.918. The molecule has 0 radical (unpaired) electrons. The summed E-state index contributed by atoms with van der Waals surface area (Å²) in [4.78, 5) is 10.3. The molecule has 0 aliphatic heterocycles. The van der Waals surface area contributed by atoms with Crippen LogP contribution in [0.15, 0.2) is 0 Å². The third-order valence-corrected chi connectivity index (χ3v) is 1.40. The van der Waals surface area contributed by atoms with Crippen LogP contribution in [-0.4, -0.2) is 11.6 Å². The molecule has 0 rings (SSSR count). The molecule has 0 fully saturated rings. The van der Waals surface area contributed by atoms with Crippen LogP contribution in [0.1, 0.15) is 33.6 Å². The number of carbonyl (C=O) groups is 1. The van der Waals surface area contributed by atoms with Gasteiger partial charge < -0.3 is 5.73 Å². The monoisotopic (exact) mass is 159 g/mol. The van der Waals surface area contributed by atoms with E-state index in [2.05, 4.69) is 17.8 Å². The standard InChI is InChI=1S/C7H17N3O/c1-4-5-7(2,3)10-9-6(8)11/h10H,4-5H2,1-3H3,(H3,8,9,11). The lowest BCUT2D eigenvalue weighted by Gasteiger charge is -2.25. The van der Waals surface area contributed by atoms with Crippen molar-refractivity contribution in [2.24, 2.45) is 5.73 Å². The number of hydrogen-bond acceptors (Lipinski definition) is 2. The van der Waals surface area contributed by atoms with Crippen molar-refractivity contribution in [1.82, 2.24) is 10.9 Å². The number of hydrogen-bond donors (Lipinski definition) is 3. The van der Waals surface area contributed by atoms with Crippen LogP contribution in [-0.2, 0) is 0 Å². The van der Waals surface area contributed by atoms with Gasteiger partial charge in [0.15, 0.2) is 0 Å². The summed E-state index contributed by atoms with van der Waals surface area (Å²) in [5, 5.41) is 0. The SMILES string of the molecule is CCCC(C)(C)NNC(N)=O. The minimum Gasteiger partial charge on any atom is -0.351 e. The number of primary amides is 1. The van der Waals surface area contributed by atoms with Gasteiger partial charge in [0.2, 0.25) is 0 Å². The predicted molar refractivity (Wildman–Crippen MR) is 44.8 cm³/mol. The molecule has 0 bridgehead atoms. The summed E-state index contributed by atoms with van der Waals surface area (Å²) < 4.78 is 0. The molecule has 0 saturated carbocycles. The van der Waals surface area contributed by atoms with E-state index in [1.54, 1.807) is 0 Å². The van der Waals surface area contributed by atoms with Crippen molar-refractivity contribution in [3.05, 3.63) is 0 Å². The second-order valence-electron chi connectivity index (χ2n) is 3.25. The Kier molecular flexibility index (Phi) is 3.89. The van der Waals surface area contributed by atoms with Gasteiger partial charge in [-0.2, -0.15) is 0 Å². The predicted octanol–water partition coefficient (Wildman–Crippen LogP) is 0.738. The first-order chi connectivity index (χ1) is 4.98. The van der Waals surface area contributed by atoms with Crippen molar-refractivity contribution >= 4 is 6.03 Å². The number of carbonyl (C=O) groups excluding carboxylic acids is 1. The Morgan fingerprint density at radius 1 is 1.55 bits per heavy atom. The lowest BCUT2D eigenvalue weighted by Crippen LogP contribution is -2.52. The Hall–Kier alpha value is -0.770.